The van der Waals surface area contributed by atoms with Crippen molar-refractivity contribution < 1.29 is 18.3 Å². The molecule has 1 atom stereocenters. The van der Waals surface area contributed by atoms with Gasteiger partial charge in [-0.3, -0.25) is 4.79 Å². The summed E-state index contributed by atoms with van der Waals surface area (Å²) >= 11 is 1.40. The first-order valence-corrected chi connectivity index (χ1v) is 8.95. The van der Waals surface area contributed by atoms with Gasteiger partial charge in [0.05, 0.1) is 10.8 Å². The van der Waals surface area contributed by atoms with Crippen molar-refractivity contribution in [3.63, 3.8) is 0 Å². The Morgan fingerprint density at radius 2 is 1.91 bits per heavy atom. The highest BCUT2D eigenvalue weighted by molar-refractivity contribution is 7.89. The number of hydrogen-bond acceptors (Lipinski definition) is 4. The molecular weight excluding hydrogens is 322 g/mol. The zero-order valence-corrected chi connectivity index (χ0v) is 13.9. The van der Waals surface area contributed by atoms with Crippen LogP contribution in [0.5, 0.6) is 0 Å². The lowest BCUT2D eigenvalue weighted by Crippen LogP contribution is -2.31. The number of carboxylic acids is 1. The van der Waals surface area contributed by atoms with E-state index in [0.29, 0.717) is 10.4 Å². The number of aryl methyl sites for hydroxylation is 2. The van der Waals surface area contributed by atoms with Crippen LogP contribution < -0.4 is 4.72 Å². The van der Waals surface area contributed by atoms with Crippen LogP contribution in [0.4, 0.5) is 0 Å². The van der Waals surface area contributed by atoms with Crippen molar-refractivity contribution in [1.29, 1.82) is 0 Å². The molecule has 0 aliphatic carbocycles. The van der Waals surface area contributed by atoms with E-state index in [-0.39, 0.29) is 11.4 Å². The number of rotatable bonds is 6. The normalized spacial score (nSPS) is 13.0. The van der Waals surface area contributed by atoms with Crippen LogP contribution in [0.25, 0.3) is 0 Å². The smallest absolute Gasteiger partial charge is 0.312 e. The van der Waals surface area contributed by atoms with Crippen molar-refractivity contribution >= 4 is 27.3 Å². The molecule has 0 radical (unpaired) electrons. The Bertz CT molecular complexity index is 766. The summed E-state index contributed by atoms with van der Waals surface area (Å²) in [7, 11) is -3.71. The van der Waals surface area contributed by atoms with Gasteiger partial charge in [0.15, 0.2) is 0 Å². The van der Waals surface area contributed by atoms with E-state index in [1.807, 2.05) is 6.92 Å². The Hall–Kier alpha value is -1.70. The quantitative estimate of drug-likeness (QED) is 0.847. The molecule has 1 aromatic heterocycles. The first kappa shape index (κ1) is 16.7. The maximum Gasteiger partial charge on any atom is 0.312 e. The average molecular weight is 339 g/mol. The molecule has 0 fully saturated rings. The van der Waals surface area contributed by atoms with Gasteiger partial charge in [0, 0.05) is 16.3 Å². The molecule has 0 bridgehead atoms. The van der Waals surface area contributed by atoms with Gasteiger partial charge in [-0.05, 0) is 25.5 Å². The minimum Gasteiger partial charge on any atom is -0.481 e. The monoisotopic (exact) mass is 339 g/mol. The molecule has 0 aliphatic heterocycles. The molecule has 0 spiro atoms. The number of carbonyl (C=O) groups is 1. The number of nitrogens with one attached hydrogen (secondary N) is 1. The summed E-state index contributed by atoms with van der Waals surface area (Å²) in [6.07, 6.45) is 0. The highest BCUT2D eigenvalue weighted by Gasteiger charge is 2.24. The summed E-state index contributed by atoms with van der Waals surface area (Å²) in [6.45, 7) is 3.38. The third-order valence-electron chi connectivity index (χ3n) is 3.26. The molecule has 0 saturated heterocycles. The zero-order chi connectivity index (χ0) is 16.3. The molecule has 0 amide bonds. The van der Waals surface area contributed by atoms with Crippen LogP contribution in [-0.2, 0) is 14.8 Å². The van der Waals surface area contributed by atoms with Crippen LogP contribution in [0.3, 0.4) is 0 Å². The standard InChI is InChI=1S/C15H17NO4S2/c1-10-8-14(11(2)21-10)22(19,20)16-9-13(15(17)18)12-6-4-3-5-7-12/h3-8,13,16H,9H2,1-2H3,(H,17,18). The lowest BCUT2D eigenvalue weighted by atomic mass is 10.00. The molecule has 0 saturated carbocycles. The number of carboxylic acid groups (broad SMARTS) is 1. The average Bonchev–Trinajstić information content (AvgIpc) is 2.79. The van der Waals surface area contributed by atoms with E-state index in [2.05, 4.69) is 4.72 Å². The van der Waals surface area contributed by atoms with Crippen molar-refractivity contribution in [3.8, 4) is 0 Å². The highest BCUT2D eigenvalue weighted by Crippen LogP contribution is 2.25. The fraction of sp³-hybridized carbons (Fsp3) is 0.267. The lowest BCUT2D eigenvalue weighted by Gasteiger charge is -2.14. The minimum absolute atomic E-state index is 0.185. The second kappa shape index (κ2) is 6.60. The predicted octanol–water partition coefficient (Wildman–Crippen LogP) is 2.51. The number of benzene rings is 1. The molecule has 5 nitrogen and oxygen atoms in total. The molecule has 22 heavy (non-hydrogen) atoms. The van der Waals surface area contributed by atoms with Gasteiger partial charge in [0.2, 0.25) is 10.0 Å². The molecule has 118 valence electrons. The van der Waals surface area contributed by atoms with Crippen molar-refractivity contribution in [3.05, 3.63) is 51.7 Å². The van der Waals surface area contributed by atoms with Crippen LogP contribution in [0.1, 0.15) is 21.2 Å². The Balaban J connectivity index is 2.19. The molecule has 0 aliphatic rings. The van der Waals surface area contributed by atoms with E-state index in [4.69, 9.17) is 0 Å². The topological polar surface area (TPSA) is 83.5 Å². The van der Waals surface area contributed by atoms with Gasteiger partial charge >= 0.3 is 5.97 Å². The molecule has 2 aromatic rings. The molecule has 1 aromatic carbocycles. The predicted molar refractivity (Wildman–Crippen MR) is 85.8 cm³/mol. The van der Waals surface area contributed by atoms with Gasteiger partial charge in [-0.25, -0.2) is 13.1 Å². The first-order valence-electron chi connectivity index (χ1n) is 6.65. The van der Waals surface area contributed by atoms with E-state index in [9.17, 15) is 18.3 Å². The fourth-order valence-corrected chi connectivity index (χ4v) is 4.78. The number of hydrogen-bond donors (Lipinski definition) is 2. The van der Waals surface area contributed by atoms with E-state index in [1.54, 1.807) is 43.3 Å². The second-order valence-electron chi connectivity index (χ2n) is 4.93. The lowest BCUT2D eigenvalue weighted by molar-refractivity contribution is -0.138. The second-order valence-corrected chi connectivity index (χ2v) is 8.13. The van der Waals surface area contributed by atoms with Crippen LogP contribution in [0.2, 0.25) is 0 Å². The van der Waals surface area contributed by atoms with Gasteiger partial charge in [0.25, 0.3) is 0 Å². The highest BCUT2D eigenvalue weighted by atomic mass is 32.2. The molecule has 1 heterocycles. The van der Waals surface area contributed by atoms with Gasteiger partial charge in [-0.2, -0.15) is 0 Å². The van der Waals surface area contributed by atoms with Crippen LogP contribution in [0, 0.1) is 13.8 Å². The maximum atomic E-state index is 12.3. The van der Waals surface area contributed by atoms with E-state index in [0.717, 1.165) is 4.88 Å². The molecule has 2 N–H and O–H groups in total. The molecule has 1 unspecified atom stereocenters. The third kappa shape index (κ3) is 3.73. The minimum atomic E-state index is -3.71. The Labute approximate surface area is 133 Å². The number of aliphatic carboxylic acids is 1. The zero-order valence-electron chi connectivity index (χ0n) is 12.2. The van der Waals surface area contributed by atoms with Crippen LogP contribution in [0.15, 0.2) is 41.3 Å². The molecule has 7 heteroatoms. The number of thiophene rings is 1. The summed E-state index contributed by atoms with van der Waals surface area (Å²) < 4.78 is 27.1. The third-order valence-corrected chi connectivity index (χ3v) is 5.91. The summed E-state index contributed by atoms with van der Waals surface area (Å²) in [5.41, 5.74) is 0.566. The van der Waals surface area contributed by atoms with Gasteiger partial charge in [-0.1, -0.05) is 30.3 Å². The molecule has 2 rings (SSSR count). The summed E-state index contributed by atoms with van der Waals surface area (Å²) in [4.78, 5) is 13.2. The van der Waals surface area contributed by atoms with Crippen molar-refractivity contribution in [2.75, 3.05) is 6.54 Å². The van der Waals surface area contributed by atoms with E-state index >= 15 is 0 Å². The van der Waals surface area contributed by atoms with Gasteiger partial charge in [-0.15, -0.1) is 11.3 Å². The Kier molecular flexibility index (Phi) is 5.00. The SMILES string of the molecule is Cc1cc(S(=O)(=O)NCC(C(=O)O)c2ccccc2)c(C)s1. The van der Waals surface area contributed by atoms with Crippen LogP contribution >= 0.6 is 11.3 Å². The van der Waals surface area contributed by atoms with Gasteiger partial charge in [0.1, 0.15) is 0 Å². The Morgan fingerprint density at radius 1 is 1.27 bits per heavy atom. The largest absolute Gasteiger partial charge is 0.481 e. The van der Waals surface area contributed by atoms with Crippen LogP contribution in [-0.4, -0.2) is 26.0 Å². The van der Waals surface area contributed by atoms with Gasteiger partial charge < -0.3 is 5.11 Å². The summed E-state index contributed by atoms with van der Waals surface area (Å²) in [6, 6.07) is 10.2. The van der Waals surface area contributed by atoms with E-state index < -0.39 is 21.9 Å². The van der Waals surface area contributed by atoms with E-state index in [1.165, 1.54) is 11.3 Å². The Morgan fingerprint density at radius 3 is 2.41 bits per heavy atom. The first-order chi connectivity index (χ1) is 10.3. The van der Waals surface area contributed by atoms with Crippen molar-refractivity contribution in [2.45, 2.75) is 24.7 Å². The summed E-state index contributed by atoms with van der Waals surface area (Å²) in [5, 5.41) is 9.32. The molecular formula is C15H17NO4S2. The maximum absolute atomic E-state index is 12.3. The summed E-state index contributed by atoms with van der Waals surface area (Å²) in [5.74, 6) is -1.98. The van der Waals surface area contributed by atoms with Crippen molar-refractivity contribution in [1.82, 2.24) is 4.72 Å². The fourth-order valence-electron chi connectivity index (χ4n) is 2.18. The van der Waals surface area contributed by atoms with Crippen molar-refractivity contribution in [2.24, 2.45) is 0 Å². The number of sulfonamides is 1.